The number of nitrogens with zero attached hydrogens (tertiary/aromatic N) is 2. The van der Waals surface area contributed by atoms with Crippen molar-refractivity contribution in [3.8, 4) is 22.9 Å². The molecular weight excluding hydrogens is 378 g/mol. The zero-order chi connectivity index (χ0) is 20.5. The smallest absolute Gasteiger partial charge is 0.407 e. The fourth-order valence-electron chi connectivity index (χ4n) is 4.85. The van der Waals surface area contributed by atoms with Crippen molar-refractivity contribution in [3.63, 3.8) is 0 Å². The molecule has 6 heteroatoms. The number of nitriles is 1. The number of fused-ring (bicyclic) bond motifs is 4. The van der Waals surface area contributed by atoms with Crippen molar-refractivity contribution >= 4 is 6.09 Å². The molecule has 0 spiro atoms. The van der Waals surface area contributed by atoms with Crippen LogP contribution in [-0.2, 0) is 4.74 Å². The summed E-state index contributed by atoms with van der Waals surface area (Å²) >= 11 is 0. The topological polar surface area (TPSA) is 74.6 Å². The van der Waals surface area contributed by atoms with Crippen molar-refractivity contribution in [2.24, 2.45) is 5.92 Å². The molecule has 1 N–H and O–H groups in total. The number of benzene rings is 2. The monoisotopic (exact) mass is 403 g/mol. The zero-order valence-electron chi connectivity index (χ0n) is 16.8. The summed E-state index contributed by atoms with van der Waals surface area (Å²) in [7, 11) is 0. The minimum Gasteiger partial charge on any atom is -0.493 e. The van der Waals surface area contributed by atoms with Crippen LogP contribution in [0.15, 0.2) is 42.5 Å². The van der Waals surface area contributed by atoms with Crippen LogP contribution in [0, 0.1) is 17.2 Å². The molecule has 0 saturated carbocycles. The van der Waals surface area contributed by atoms with E-state index in [2.05, 4.69) is 16.3 Å². The minimum atomic E-state index is -0.336. The number of rotatable bonds is 3. The average molecular weight is 403 g/mol. The first-order valence-electron chi connectivity index (χ1n) is 10.7. The largest absolute Gasteiger partial charge is 0.493 e. The summed E-state index contributed by atoms with van der Waals surface area (Å²) in [5.74, 6) is 1.27. The van der Waals surface area contributed by atoms with Crippen LogP contribution in [0.3, 0.4) is 0 Å². The molecule has 1 amide bonds. The summed E-state index contributed by atoms with van der Waals surface area (Å²) in [6, 6.07) is 15.6. The fourth-order valence-corrected chi connectivity index (χ4v) is 4.85. The number of carbonyl (C=O) groups excluding carboxylic acids is 1. The zero-order valence-corrected chi connectivity index (χ0v) is 16.8. The van der Waals surface area contributed by atoms with Gasteiger partial charge in [0.2, 0.25) is 0 Å². The molecule has 2 atom stereocenters. The van der Waals surface area contributed by atoms with E-state index < -0.39 is 0 Å². The van der Waals surface area contributed by atoms with E-state index in [1.807, 2.05) is 36.4 Å². The lowest BCUT2D eigenvalue weighted by molar-refractivity contribution is -0.0342. The third-order valence-corrected chi connectivity index (χ3v) is 6.52. The summed E-state index contributed by atoms with van der Waals surface area (Å²) in [5.41, 5.74) is 3.55. The molecule has 2 aromatic carbocycles. The molecule has 4 heterocycles. The van der Waals surface area contributed by atoms with E-state index in [1.165, 1.54) is 0 Å². The molecule has 154 valence electrons. The van der Waals surface area contributed by atoms with Crippen molar-refractivity contribution < 1.29 is 14.3 Å². The van der Waals surface area contributed by atoms with E-state index in [9.17, 15) is 4.79 Å². The van der Waals surface area contributed by atoms with Crippen LogP contribution in [0.1, 0.15) is 36.4 Å². The lowest BCUT2D eigenvalue weighted by Gasteiger charge is -2.44. The molecule has 1 unspecified atom stereocenters. The normalized spacial score (nSPS) is 26.8. The standard InChI is InChI=1S/C24H25N3O3/c25-14-16-2-1-3-18(12-16)19-4-5-20-21(8-11-29-22(20)13-19)26-24(28)30-23-15-27-9-6-17(23)7-10-27/h1-5,12-13,17,21,23H,6-11,15H2,(H,26,28)/t21?,23-/m1/s1. The van der Waals surface area contributed by atoms with Crippen molar-refractivity contribution in [1.82, 2.24) is 10.2 Å². The number of alkyl carbamates (subject to hydrolysis) is 1. The van der Waals surface area contributed by atoms with Crippen LogP contribution in [0.4, 0.5) is 4.79 Å². The van der Waals surface area contributed by atoms with Gasteiger partial charge in [0.15, 0.2) is 0 Å². The number of hydrogen-bond acceptors (Lipinski definition) is 5. The number of carbonyl (C=O) groups is 1. The Balaban J connectivity index is 1.29. The van der Waals surface area contributed by atoms with Gasteiger partial charge in [-0.1, -0.05) is 24.3 Å². The number of nitrogens with one attached hydrogen (secondary N) is 1. The van der Waals surface area contributed by atoms with Gasteiger partial charge in [0.1, 0.15) is 11.9 Å². The van der Waals surface area contributed by atoms with Crippen LogP contribution in [0.25, 0.3) is 11.1 Å². The quantitative estimate of drug-likeness (QED) is 0.842. The Morgan fingerprint density at radius 1 is 1.13 bits per heavy atom. The number of hydrogen-bond donors (Lipinski definition) is 1. The molecule has 3 saturated heterocycles. The highest BCUT2D eigenvalue weighted by Crippen LogP contribution is 2.36. The number of ether oxygens (including phenoxy) is 2. The van der Waals surface area contributed by atoms with E-state index in [1.54, 1.807) is 6.07 Å². The Labute approximate surface area is 176 Å². The summed E-state index contributed by atoms with van der Waals surface area (Å²) in [6.07, 6.45) is 2.62. The Kier molecular flexibility index (Phi) is 5.06. The molecule has 4 aliphatic heterocycles. The highest BCUT2D eigenvalue weighted by atomic mass is 16.6. The second-order valence-electron chi connectivity index (χ2n) is 8.36. The van der Waals surface area contributed by atoms with Gasteiger partial charge in [0.25, 0.3) is 0 Å². The van der Waals surface area contributed by atoms with Gasteiger partial charge in [-0.15, -0.1) is 0 Å². The predicted octanol–water partition coefficient (Wildman–Crippen LogP) is 3.87. The lowest BCUT2D eigenvalue weighted by atomic mass is 9.86. The van der Waals surface area contributed by atoms with E-state index in [0.717, 1.165) is 54.9 Å². The van der Waals surface area contributed by atoms with Gasteiger partial charge in [-0.3, -0.25) is 4.90 Å². The highest BCUT2D eigenvalue weighted by molar-refractivity contribution is 5.70. The molecular formula is C24H25N3O3. The first-order valence-corrected chi connectivity index (χ1v) is 10.7. The van der Waals surface area contributed by atoms with Gasteiger partial charge >= 0.3 is 6.09 Å². The van der Waals surface area contributed by atoms with E-state index in [4.69, 9.17) is 14.7 Å². The Morgan fingerprint density at radius 2 is 1.97 bits per heavy atom. The van der Waals surface area contributed by atoms with Crippen molar-refractivity contribution in [1.29, 1.82) is 5.26 Å². The van der Waals surface area contributed by atoms with Gasteiger partial charge in [0, 0.05) is 18.5 Å². The lowest BCUT2D eigenvalue weighted by Crippen LogP contribution is -2.52. The minimum absolute atomic E-state index is 0.00148. The molecule has 0 radical (unpaired) electrons. The molecule has 30 heavy (non-hydrogen) atoms. The van der Waals surface area contributed by atoms with Gasteiger partial charge in [-0.05, 0) is 61.2 Å². The van der Waals surface area contributed by atoms with E-state index in [-0.39, 0.29) is 18.2 Å². The summed E-state index contributed by atoms with van der Waals surface area (Å²) in [4.78, 5) is 15.0. The predicted molar refractivity (Wildman–Crippen MR) is 112 cm³/mol. The SMILES string of the molecule is N#Cc1cccc(-c2ccc3c(c2)OCCC3NC(=O)O[C@@H]2CN3CCC2CC3)c1. The van der Waals surface area contributed by atoms with E-state index >= 15 is 0 Å². The van der Waals surface area contributed by atoms with E-state index in [0.29, 0.717) is 24.5 Å². The van der Waals surface area contributed by atoms with Gasteiger partial charge in [-0.25, -0.2) is 4.79 Å². The third kappa shape index (κ3) is 3.73. The Morgan fingerprint density at radius 3 is 2.73 bits per heavy atom. The maximum Gasteiger partial charge on any atom is 0.407 e. The molecule has 4 aliphatic rings. The second kappa shape index (κ2) is 8.00. The molecule has 2 aromatic rings. The summed E-state index contributed by atoms with van der Waals surface area (Å²) < 4.78 is 11.7. The van der Waals surface area contributed by atoms with Gasteiger partial charge < -0.3 is 14.8 Å². The van der Waals surface area contributed by atoms with Crippen LogP contribution >= 0.6 is 0 Å². The van der Waals surface area contributed by atoms with Crippen molar-refractivity contribution in [2.45, 2.75) is 31.4 Å². The first-order chi connectivity index (χ1) is 14.7. The molecule has 0 aliphatic carbocycles. The molecule has 3 fully saturated rings. The highest BCUT2D eigenvalue weighted by Gasteiger charge is 2.37. The number of piperidine rings is 3. The number of amides is 1. The molecule has 6 rings (SSSR count). The Hall–Kier alpha value is -3.04. The average Bonchev–Trinajstić information content (AvgIpc) is 2.80. The van der Waals surface area contributed by atoms with Crippen LogP contribution < -0.4 is 10.1 Å². The molecule has 2 bridgehead atoms. The third-order valence-electron chi connectivity index (χ3n) is 6.52. The van der Waals surface area contributed by atoms with Gasteiger partial charge in [0.05, 0.1) is 24.3 Å². The molecule has 0 aromatic heterocycles. The Bertz CT molecular complexity index is 991. The van der Waals surface area contributed by atoms with Crippen LogP contribution in [-0.4, -0.2) is 43.3 Å². The van der Waals surface area contributed by atoms with Gasteiger partial charge in [-0.2, -0.15) is 5.26 Å². The van der Waals surface area contributed by atoms with Crippen LogP contribution in [0.2, 0.25) is 0 Å². The maximum absolute atomic E-state index is 12.6. The summed E-state index contributed by atoms with van der Waals surface area (Å²) in [6.45, 7) is 3.64. The fraction of sp³-hybridized carbons (Fsp3) is 0.417. The van der Waals surface area contributed by atoms with Crippen molar-refractivity contribution in [2.75, 3.05) is 26.2 Å². The maximum atomic E-state index is 12.6. The summed E-state index contributed by atoms with van der Waals surface area (Å²) in [5, 5.41) is 12.2. The van der Waals surface area contributed by atoms with Crippen molar-refractivity contribution in [3.05, 3.63) is 53.6 Å². The molecule has 6 nitrogen and oxygen atoms in total. The first kappa shape index (κ1) is 19.0. The van der Waals surface area contributed by atoms with Crippen LogP contribution in [0.5, 0.6) is 5.75 Å². The second-order valence-corrected chi connectivity index (χ2v) is 8.36.